The van der Waals surface area contributed by atoms with Gasteiger partial charge >= 0.3 is 0 Å². The Morgan fingerprint density at radius 1 is 1.50 bits per heavy atom. The van der Waals surface area contributed by atoms with Crippen LogP contribution >= 0.6 is 0 Å². The summed E-state index contributed by atoms with van der Waals surface area (Å²) >= 11 is 0. The zero-order chi connectivity index (χ0) is 7.41. The summed E-state index contributed by atoms with van der Waals surface area (Å²) in [6, 6.07) is 0. The van der Waals surface area contributed by atoms with E-state index in [0.29, 0.717) is 12.8 Å². The van der Waals surface area contributed by atoms with Crippen molar-refractivity contribution in [3.05, 3.63) is 0 Å². The molecule has 0 amide bonds. The highest BCUT2D eigenvalue weighted by Crippen LogP contribution is 2.73. The van der Waals surface area contributed by atoms with Gasteiger partial charge in [0.1, 0.15) is 0 Å². The molecule has 0 aromatic carbocycles. The van der Waals surface area contributed by atoms with Gasteiger partial charge in [0.15, 0.2) is 0 Å². The first-order valence-corrected chi connectivity index (χ1v) is 3.73. The van der Waals surface area contributed by atoms with Gasteiger partial charge in [-0.1, -0.05) is 6.42 Å². The predicted octanol–water partition coefficient (Wildman–Crippen LogP) is 1.38. The van der Waals surface area contributed by atoms with E-state index in [2.05, 4.69) is 0 Å². The lowest BCUT2D eigenvalue weighted by atomic mass is 10.0. The summed E-state index contributed by atoms with van der Waals surface area (Å²) in [7, 11) is 0. The van der Waals surface area contributed by atoms with Crippen molar-refractivity contribution in [1.29, 1.82) is 0 Å². The Kier molecular flexibility index (Phi) is 0.994. The Morgan fingerprint density at radius 2 is 2.20 bits per heavy atom. The maximum absolute atomic E-state index is 12.8. The van der Waals surface area contributed by atoms with E-state index in [1.54, 1.807) is 0 Å². The molecule has 0 spiro atoms. The molecule has 2 unspecified atom stereocenters. The molecular formula is C7H11F2N. The quantitative estimate of drug-likeness (QED) is 0.595. The molecule has 0 radical (unpaired) electrons. The summed E-state index contributed by atoms with van der Waals surface area (Å²) in [4.78, 5) is 0. The average Bonchev–Trinajstić information content (AvgIpc) is 2.34. The van der Waals surface area contributed by atoms with Gasteiger partial charge in [-0.3, -0.25) is 0 Å². The van der Waals surface area contributed by atoms with Crippen LogP contribution in [-0.2, 0) is 0 Å². The lowest BCUT2D eigenvalue weighted by molar-refractivity contribution is 0.0470. The first kappa shape index (κ1) is 6.53. The molecule has 2 N–H and O–H groups in total. The van der Waals surface area contributed by atoms with Gasteiger partial charge in [0.25, 0.3) is 5.92 Å². The molecule has 2 aliphatic carbocycles. The van der Waals surface area contributed by atoms with E-state index in [4.69, 9.17) is 5.73 Å². The van der Waals surface area contributed by atoms with Crippen LogP contribution in [-0.4, -0.2) is 12.5 Å². The third-order valence-corrected chi connectivity index (χ3v) is 3.17. The second kappa shape index (κ2) is 1.52. The normalized spacial score (nSPS) is 48.9. The first-order valence-electron chi connectivity index (χ1n) is 3.73. The molecule has 1 nitrogen and oxygen atoms in total. The summed E-state index contributed by atoms with van der Waals surface area (Å²) in [5, 5.41) is 0. The van der Waals surface area contributed by atoms with Gasteiger partial charge in [-0.2, -0.15) is 0 Å². The second-order valence-electron chi connectivity index (χ2n) is 3.43. The number of rotatable bonds is 1. The highest BCUT2D eigenvalue weighted by molar-refractivity contribution is 5.21. The summed E-state index contributed by atoms with van der Waals surface area (Å²) in [5.41, 5.74) is 4.55. The highest BCUT2D eigenvalue weighted by atomic mass is 19.3. The molecule has 10 heavy (non-hydrogen) atoms. The third-order valence-electron chi connectivity index (χ3n) is 3.17. The largest absolute Gasteiger partial charge is 0.330 e. The van der Waals surface area contributed by atoms with Gasteiger partial charge in [0.2, 0.25) is 0 Å². The molecule has 0 aliphatic heterocycles. The summed E-state index contributed by atoms with van der Waals surface area (Å²) in [6.45, 7) is 0.171. The zero-order valence-corrected chi connectivity index (χ0v) is 5.74. The lowest BCUT2D eigenvalue weighted by Gasteiger charge is -2.09. The standard InChI is InChI=1S/C7H11F2N/c8-7(9)5-2-1-3-6(5,7)4-10/h5H,1-4,10H2. The molecule has 0 saturated heterocycles. The van der Waals surface area contributed by atoms with Crippen molar-refractivity contribution >= 4 is 0 Å². The van der Waals surface area contributed by atoms with Crippen LogP contribution < -0.4 is 5.73 Å². The minimum Gasteiger partial charge on any atom is -0.330 e. The summed E-state index contributed by atoms with van der Waals surface area (Å²) < 4.78 is 25.6. The number of nitrogens with two attached hydrogens (primary N) is 1. The topological polar surface area (TPSA) is 26.0 Å². The van der Waals surface area contributed by atoms with Crippen molar-refractivity contribution in [2.45, 2.75) is 25.2 Å². The molecule has 0 aromatic heterocycles. The van der Waals surface area contributed by atoms with Gasteiger partial charge < -0.3 is 5.73 Å². The smallest absolute Gasteiger partial charge is 0.258 e. The molecule has 2 rings (SSSR count). The number of fused-ring (bicyclic) bond motifs is 1. The maximum Gasteiger partial charge on any atom is 0.258 e. The van der Waals surface area contributed by atoms with Crippen LogP contribution in [0.15, 0.2) is 0 Å². The van der Waals surface area contributed by atoms with E-state index in [1.807, 2.05) is 0 Å². The van der Waals surface area contributed by atoms with E-state index in [1.165, 1.54) is 0 Å². The van der Waals surface area contributed by atoms with Gasteiger partial charge in [-0.25, -0.2) is 8.78 Å². The van der Waals surface area contributed by atoms with E-state index in [0.717, 1.165) is 6.42 Å². The molecule has 58 valence electrons. The lowest BCUT2D eigenvalue weighted by Crippen LogP contribution is -2.21. The van der Waals surface area contributed by atoms with Crippen LogP contribution in [0, 0.1) is 11.3 Å². The fourth-order valence-corrected chi connectivity index (χ4v) is 2.39. The molecule has 0 aromatic rings. The predicted molar refractivity (Wildman–Crippen MR) is 33.8 cm³/mol. The van der Waals surface area contributed by atoms with Crippen LogP contribution in [0.2, 0.25) is 0 Å². The molecular weight excluding hydrogens is 136 g/mol. The van der Waals surface area contributed by atoms with Crippen molar-refractivity contribution in [1.82, 2.24) is 0 Å². The molecule has 2 fully saturated rings. The van der Waals surface area contributed by atoms with Crippen molar-refractivity contribution < 1.29 is 8.78 Å². The van der Waals surface area contributed by atoms with Crippen LogP contribution in [0.25, 0.3) is 0 Å². The SMILES string of the molecule is NCC12CCCC1C2(F)F. The van der Waals surface area contributed by atoms with Gasteiger partial charge in [-0.05, 0) is 12.8 Å². The number of alkyl halides is 2. The van der Waals surface area contributed by atoms with E-state index in [-0.39, 0.29) is 12.5 Å². The summed E-state index contributed by atoms with van der Waals surface area (Å²) in [5.74, 6) is -2.79. The molecule has 0 heterocycles. The van der Waals surface area contributed by atoms with E-state index in [9.17, 15) is 8.78 Å². The monoisotopic (exact) mass is 147 g/mol. The van der Waals surface area contributed by atoms with Crippen molar-refractivity contribution in [3.8, 4) is 0 Å². The average molecular weight is 147 g/mol. The first-order chi connectivity index (χ1) is 4.65. The van der Waals surface area contributed by atoms with Crippen LogP contribution in [0.4, 0.5) is 8.78 Å². The maximum atomic E-state index is 12.8. The van der Waals surface area contributed by atoms with Gasteiger partial charge in [-0.15, -0.1) is 0 Å². The molecule has 2 aliphatic rings. The number of halogens is 2. The second-order valence-corrected chi connectivity index (χ2v) is 3.43. The summed E-state index contributed by atoms with van der Waals surface area (Å²) in [6.07, 6.45) is 2.27. The van der Waals surface area contributed by atoms with Crippen molar-refractivity contribution in [2.75, 3.05) is 6.54 Å². The third kappa shape index (κ3) is 0.438. The Hall–Kier alpha value is -0.180. The van der Waals surface area contributed by atoms with Crippen molar-refractivity contribution in [3.63, 3.8) is 0 Å². The fraction of sp³-hybridized carbons (Fsp3) is 1.00. The Balaban J connectivity index is 2.23. The minimum atomic E-state index is -2.42. The Bertz CT molecular complexity index is 169. The van der Waals surface area contributed by atoms with Crippen LogP contribution in [0.5, 0.6) is 0 Å². The molecule has 0 bridgehead atoms. The van der Waals surface area contributed by atoms with Crippen molar-refractivity contribution in [2.24, 2.45) is 17.1 Å². The van der Waals surface area contributed by atoms with E-state index < -0.39 is 11.3 Å². The number of hydrogen-bond acceptors (Lipinski definition) is 1. The van der Waals surface area contributed by atoms with Gasteiger partial charge in [0, 0.05) is 12.5 Å². The molecule has 2 atom stereocenters. The number of hydrogen-bond donors (Lipinski definition) is 1. The Morgan fingerprint density at radius 3 is 2.50 bits per heavy atom. The fourth-order valence-electron chi connectivity index (χ4n) is 2.39. The molecule has 2 saturated carbocycles. The van der Waals surface area contributed by atoms with Crippen LogP contribution in [0.1, 0.15) is 19.3 Å². The van der Waals surface area contributed by atoms with E-state index >= 15 is 0 Å². The highest BCUT2D eigenvalue weighted by Gasteiger charge is 2.80. The minimum absolute atomic E-state index is 0.171. The molecule has 3 heteroatoms. The van der Waals surface area contributed by atoms with Crippen LogP contribution in [0.3, 0.4) is 0 Å². The Labute approximate surface area is 58.6 Å². The zero-order valence-electron chi connectivity index (χ0n) is 5.74. The van der Waals surface area contributed by atoms with Gasteiger partial charge in [0.05, 0.1) is 5.41 Å².